The van der Waals surface area contributed by atoms with Gasteiger partial charge in [0.05, 0.1) is 13.7 Å². The van der Waals surface area contributed by atoms with Crippen LogP contribution in [0.4, 0.5) is 4.79 Å². The molecule has 0 aliphatic carbocycles. The third-order valence-electron chi connectivity index (χ3n) is 0.627. The van der Waals surface area contributed by atoms with Gasteiger partial charge in [0.2, 0.25) is 0 Å². The highest BCUT2D eigenvalue weighted by Gasteiger charge is 2.09. The maximum Gasteiger partial charge on any atom is 0.388 e. The van der Waals surface area contributed by atoms with Gasteiger partial charge in [-0.05, 0) is 6.92 Å². The molecular formula is C4H9O4P. The van der Waals surface area contributed by atoms with Gasteiger partial charge in [-0.15, -0.1) is 0 Å². The largest absolute Gasteiger partial charge is 0.462 e. The van der Waals surface area contributed by atoms with Gasteiger partial charge in [0.15, 0.2) is 0 Å². The molecule has 0 saturated carbocycles. The van der Waals surface area contributed by atoms with E-state index in [1.165, 1.54) is 7.11 Å². The minimum atomic E-state index is -2.58. The lowest BCUT2D eigenvalue weighted by molar-refractivity contribution is 0.192. The quantitative estimate of drug-likeness (QED) is 0.571. The van der Waals surface area contributed by atoms with Gasteiger partial charge < -0.3 is 9.26 Å². The molecule has 0 heterocycles. The molecule has 0 bridgehead atoms. The van der Waals surface area contributed by atoms with Crippen LogP contribution in [0.2, 0.25) is 0 Å². The van der Waals surface area contributed by atoms with Crippen molar-refractivity contribution in [3.8, 4) is 0 Å². The molecule has 0 aromatic carbocycles. The van der Waals surface area contributed by atoms with E-state index in [4.69, 9.17) is 0 Å². The van der Waals surface area contributed by atoms with Gasteiger partial charge >= 0.3 is 5.71 Å². The van der Waals surface area contributed by atoms with Crippen LogP contribution in [-0.2, 0) is 13.8 Å². The molecule has 0 radical (unpaired) electrons. The Morgan fingerprint density at radius 3 is 2.56 bits per heavy atom. The van der Waals surface area contributed by atoms with E-state index in [1.807, 2.05) is 0 Å². The van der Waals surface area contributed by atoms with E-state index in [1.54, 1.807) is 6.92 Å². The molecular weight excluding hydrogens is 143 g/mol. The highest BCUT2D eigenvalue weighted by atomic mass is 31.1. The van der Waals surface area contributed by atoms with Gasteiger partial charge in [-0.25, -0.2) is 4.79 Å². The van der Waals surface area contributed by atoms with Gasteiger partial charge in [-0.3, -0.25) is 4.57 Å². The Bertz CT molecular complexity index is 122. The van der Waals surface area contributed by atoms with Gasteiger partial charge in [-0.1, -0.05) is 0 Å². The predicted octanol–water partition coefficient (Wildman–Crippen LogP) is 1.26. The van der Waals surface area contributed by atoms with Crippen molar-refractivity contribution in [2.45, 2.75) is 6.92 Å². The standard InChI is InChI=1S/C4H9O4P/c1-3-8-9(6)4(5)7-2/h9H,3H2,1-2H3. The second-order valence-electron chi connectivity index (χ2n) is 1.21. The third kappa shape index (κ3) is 3.27. The van der Waals surface area contributed by atoms with Crippen LogP contribution in [0.3, 0.4) is 0 Å². The van der Waals surface area contributed by atoms with E-state index in [0.29, 0.717) is 0 Å². The molecule has 0 fully saturated rings. The Morgan fingerprint density at radius 1 is 1.67 bits per heavy atom. The van der Waals surface area contributed by atoms with E-state index >= 15 is 0 Å². The summed E-state index contributed by atoms with van der Waals surface area (Å²) in [5.74, 6) is 0. The first-order chi connectivity index (χ1) is 4.22. The number of hydrogen-bond donors (Lipinski definition) is 0. The molecule has 0 rings (SSSR count). The van der Waals surface area contributed by atoms with Crippen molar-refractivity contribution in [2.75, 3.05) is 13.7 Å². The van der Waals surface area contributed by atoms with Crippen LogP contribution >= 0.6 is 8.03 Å². The zero-order valence-electron chi connectivity index (χ0n) is 5.34. The average molecular weight is 152 g/mol. The Morgan fingerprint density at radius 2 is 2.22 bits per heavy atom. The molecule has 0 aromatic rings. The summed E-state index contributed by atoms with van der Waals surface area (Å²) in [6.45, 7) is 1.93. The highest BCUT2D eigenvalue weighted by molar-refractivity contribution is 7.58. The van der Waals surface area contributed by atoms with E-state index in [9.17, 15) is 9.36 Å². The third-order valence-corrected chi connectivity index (χ3v) is 1.72. The van der Waals surface area contributed by atoms with Crippen molar-refractivity contribution < 1.29 is 18.6 Å². The monoisotopic (exact) mass is 152 g/mol. The Hall–Kier alpha value is -0.340. The molecule has 1 atom stereocenters. The maximum atomic E-state index is 10.5. The summed E-state index contributed by atoms with van der Waals surface area (Å²) < 4.78 is 19.1. The van der Waals surface area contributed by atoms with Crippen LogP contribution in [0.15, 0.2) is 0 Å². The first kappa shape index (κ1) is 8.66. The lowest BCUT2D eigenvalue weighted by Crippen LogP contribution is -1.92. The van der Waals surface area contributed by atoms with Crippen molar-refractivity contribution in [3.05, 3.63) is 0 Å². The van der Waals surface area contributed by atoms with Gasteiger partial charge in [0.1, 0.15) is 0 Å². The molecule has 0 saturated heterocycles. The van der Waals surface area contributed by atoms with Crippen molar-refractivity contribution in [1.82, 2.24) is 0 Å². The summed E-state index contributed by atoms with van der Waals surface area (Å²) in [5.41, 5.74) is -0.776. The second kappa shape index (κ2) is 4.53. The molecule has 0 aliphatic rings. The molecule has 1 unspecified atom stereocenters. The summed E-state index contributed by atoms with van der Waals surface area (Å²) >= 11 is 0. The van der Waals surface area contributed by atoms with Crippen LogP contribution in [0.1, 0.15) is 6.92 Å². The summed E-state index contributed by atoms with van der Waals surface area (Å²) in [7, 11) is -1.41. The van der Waals surface area contributed by atoms with Crippen LogP contribution in [0, 0.1) is 0 Å². The second-order valence-corrected chi connectivity index (χ2v) is 2.48. The molecule has 0 spiro atoms. The number of methoxy groups -OCH3 is 1. The smallest absolute Gasteiger partial charge is 0.388 e. The Kier molecular flexibility index (Phi) is 4.36. The minimum absolute atomic E-state index is 0.271. The molecule has 9 heavy (non-hydrogen) atoms. The zero-order chi connectivity index (χ0) is 7.28. The minimum Gasteiger partial charge on any atom is -0.462 e. The fourth-order valence-electron chi connectivity index (χ4n) is 0.273. The molecule has 0 N–H and O–H groups in total. The van der Waals surface area contributed by atoms with Crippen molar-refractivity contribution in [1.29, 1.82) is 0 Å². The molecule has 4 nitrogen and oxygen atoms in total. The summed E-state index contributed by atoms with van der Waals surface area (Å²) in [6.07, 6.45) is 0. The lowest BCUT2D eigenvalue weighted by atomic mass is 10.9. The molecule has 5 heteroatoms. The number of carbonyl (C=O) groups excluding carboxylic acids is 1. The molecule has 0 amide bonds. The highest BCUT2D eigenvalue weighted by Crippen LogP contribution is 2.23. The van der Waals surface area contributed by atoms with Crippen molar-refractivity contribution in [3.63, 3.8) is 0 Å². The normalized spacial score (nSPS) is 12.7. The Balaban J connectivity index is 3.60. The topological polar surface area (TPSA) is 52.6 Å². The summed E-state index contributed by atoms with van der Waals surface area (Å²) in [4.78, 5) is 10.3. The van der Waals surface area contributed by atoms with Gasteiger partial charge in [-0.2, -0.15) is 0 Å². The van der Waals surface area contributed by atoms with E-state index in [2.05, 4.69) is 9.26 Å². The van der Waals surface area contributed by atoms with E-state index in [0.717, 1.165) is 0 Å². The molecule has 0 aromatic heterocycles. The zero-order valence-corrected chi connectivity index (χ0v) is 6.34. The number of carbonyl (C=O) groups is 1. The number of ether oxygens (including phenoxy) is 1. The first-order valence-corrected chi connectivity index (χ1v) is 3.79. The number of hydrogen-bond acceptors (Lipinski definition) is 4. The van der Waals surface area contributed by atoms with Crippen LogP contribution < -0.4 is 0 Å². The summed E-state index contributed by atoms with van der Waals surface area (Å²) in [6, 6.07) is 0. The van der Waals surface area contributed by atoms with E-state index in [-0.39, 0.29) is 6.61 Å². The molecule has 0 aliphatic heterocycles. The fourth-order valence-corrected chi connectivity index (χ4v) is 0.820. The summed E-state index contributed by atoms with van der Waals surface area (Å²) in [5, 5.41) is 0. The number of rotatable bonds is 3. The maximum absolute atomic E-state index is 10.5. The SMILES string of the molecule is CCO[PH](=O)C(=O)OC. The van der Waals surface area contributed by atoms with Crippen molar-refractivity contribution >= 4 is 13.7 Å². The van der Waals surface area contributed by atoms with Crippen LogP contribution in [-0.4, -0.2) is 19.4 Å². The van der Waals surface area contributed by atoms with E-state index < -0.39 is 13.7 Å². The first-order valence-electron chi connectivity index (χ1n) is 2.47. The van der Waals surface area contributed by atoms with Crippen LogP contribution in [0.5, 0.6) is 0 Å². The van der Waals surface area contributed by atoms with Crippen molar-refractivity contribution in [2.24, 2.45) is 0 Å². The fraction of sp³-hybridized carbons (Fsp3) is 0.750. The van der Waals surface area contributed by atoms with Crippen LogP contribution in [0.25, 0.3) is 0 Å². The van der Waals surface area contributed by atoms with Gasteiger partial charge in [0, 0.05) is 0 Å². The predicted molar refractivity (Wildman–Crippen MR) is 33.0 cm³/mol. The average Bonchev–Trinajstić information content (AvgIpc) is 1.87. The molecule has 54 valence electrons. The lowest BCUT2D eigenvalue weighted by Gasteiger charge is -1.96. The Labute approximate surface area is 54.0 Å². The van der Waals surface area contributed by atoms with Gasteiger partial charge in [0.25, 0.3) is 8.03 Å².